The van der Waals surface area contributed by atoms with Crippen molar-refractivity contribution in [1.82, 2.24) is 20.4 Å². The molecular formula is C28H24F2N4O2. The van der Waals surface area contributed by atoms with Crippen LogP contribution >= 0.6 is 0 Å². The van der Waals surface area contributed by atoms with Gasteiger partial charge in [-0.3, -0.25) is 4.90 Å². The van der Waals surface area contributed by atoms with Crippen molar-refractivity contribution < 1.29 is 18.1 Å². The van der Waals surface area contributed by atoms with Gasteiger partial charge in [-0.25, -0.2) is 13.6 Å². The van der Waals surface area contributed by atoms with Crippen molar-refractivity contribution in [1.29, 1.82) is 0 Å². The van der Waals surface area contributed by atoms with Crippen LogP contribution in [0.25, 0.3) is 17.0 Å². The van der Waals surface area contributed by atoms with Crippen molar-refractivity contribution in [2.45, 2.75) is 25.8 Å². The molecule has 0 radical (unpaired) electrons. The zero-order valence-electron chi connectivity index (χ0n) is 19.6. The number of hydrogen-bond acceptors (Lipinski definition) is 4. The number of nitrogens with one attached hydrogen (secondary N) is 1. The number of aromatic nitrogens is 2. The predicted molar refractivity (Wildman–Crippen MR) is 131 cm³/mol. The highest BCUT2D eigenvalue weighted by atomic mass is 19.1. The summed E-state index contributed by atoms with van der Waals surface area (Å²) in [6.07, 6.45) is 1.58. The van der Waals surface area contributed by atoms with Crippen LogP contribution in [0.5, 0.6) is 0 Å². The van der Waals surface area contributed by atoms with E-state index in [1.807, 2.05) is 25.1 Å². The van der Waals surface area contributed by atoms with E-state index < -0.39 is 6.04 Å². The molecule has 36 heavy (non-hydrogen) atoms. The van der Waals surface area contributed by atoms with Crippen molar-refractivity contribution in [3.8, 4) is 11.4 Å². The van der Waals surface area contributed by atoms with Gasteiger partial charge in [0.05, 0.1) is 11.6 Å². The van der Waals surface area contributed by atoms with E-state index in [-0.39, 0.29) is 23.6 Å². The molecule has 182 valence electrons. The smallest absolute Gasteiger partial charge is 0.322 e. The Kier molecular flexibility index (Phi) is 6.58. The molecule has 0 saturated carbocycles. The highest BCUT2D eigenvalue weighted by molar-refractivity contribution is 5.86. The van der Waals surface area contributed by atoms with Crippen LogP contribution in [0.3, 0.4) is 0 Å². The largest absolute Gasteiger partial charge is 0.334 e. The summed E-state index contributed by atoms with van der Waals surface area (Å²) in [5, 5.41) is 7.10. The third-order valence-corrected chi connectivity index (χ3v) is 6.25. The Hall–Kier alpha value is -4.33. The maximum atomic E-state index is 13.6. The molecule has 0 aliphatic carbocycles. The average molecular weight is 487 g/mol. The lowest BCUT2D eigenvalue weighted by Crippen LogP contribution is -2.46. The highest BCUT2D eigenvalue weighted by Crippen LogP contribution is 2.37. The Morgan fingerprint density at radius 3 is 2.31 bits per heavy atom. The summed E-state index contributed by atoms with van der Waals surface area (Å²) in [5.74, 6) is -0.203. The number of amides is 2. The first kappa shape index (κ1) is 23.4. The van der Waals surface area contributed by atoms with Crippen molar-refractivity contribution in [3.05, 3.63) is 113 Å². The molecule has 2 amide bonds. The summed E-state index contributed by atoms with van der Waals surface area (Å²) >= 11 is 0. The minimum Gasteiger partial charge on any atom is -0.334 e. The maximum Gasteiger partial charge on any atom is 0.322 e. The summed E-state index contributed by atoms with van der Waals surface area (Å²) < 4.78 is 32.6. The van der Waals surface area contributed by atoms with Crippen molar-refractivity contribution in [2.75, 3.05) is 6.54 Å². The summed E-state index contributed by atoms with van der Waals surface area (Å²) in [5.41, 5.74) is 3.78. The van der Waals surface area contributed by atoms with Gasteiger partial charge in [0.1, 0.15) is 11.6 Å². The molecule has 0 fully saturated rings. The van der Waals surface area contributed by atoms with Gasteiger partial charge in [0.25, 0.3) is 5.89 Å². The molecule has 1 aliphatic heterocycles. The van der Waals surface area contributed by atoms with Crippen LogP contribution in [0.4, 0.5) is 13.6 Å². The third kappa shape index (κ3) is 4.88. The molecule has 0 bridgehead atoms. The second-order valence-corrected chi connectivity index (χ2v) is 8.60. The molecule has 4 aromatic rings. The topological polar surface area (TPSA) is 71.3 Å². The zero-order chi connectivity index (χ0) is 25.1. The monoisotopic (exact) mass is 486 g/mol. The Morgan fingerprint density at radius 1 is 0.944 bits per heavy atom. The molecule has 6 nitrogen and oxygen atoms in total. The van der Waals surface area contributed by atoms with Gasteiger partial charge in [-0.1, -0.05) is 47.6 Å². The highest BCUT2D eigenvalue weighted by Gasteiger charge is 2.35. The first-order chi connectivity index (χ1) is 17.5. The van der Waals surface area contributed by atoms with E-state index in [0.717, 1.165) is 12.8 Å². The minimum absolute atomic E-state index is 0.231. The molecule has 0 spiro atoms. The lowest BCUT2D eigenvalue weighted by Gasteiger charge is -2.35. The lowest BCUT2D eigenvalue weighted by molar-refractivity contribution is 0.204. The zero-order valence-corrected chi connectivity index (χ0v) is 19.6. The molecule has 1 atom stereocenters. The standard InChI is InChI=1S/C28H24F2N4O2/c1-18-24(27-32-26(33-36-27)21-11-15-23(30)16-12-21)25(20-9-13-22(29)14-10-20)31-28(35)34(18)17-5-8-19-6-3-2-4-7-19/h2-4,6-7,9-16,25H,5,8,17H2,1H3,(H,31,35). The number of nitrogens with zero attached hydrogens (tertiary/aromatic N) is 3. The number of rotatable bonds is 7. The number of carbonyl (C=O) groups is 1. The van der Waals surface area contributed by atoms with E-state index in [1.165, 1.54) is 29.8 Å². The molecule has 8 heteroatoms. The summed E-state index contributed by atoms with van der Waals surface area (Å²) in [6.45, 7) is 2.33. The molecule has 0 saturated heterocycles. The Morgan fingerprint density at radius 2 is 1.61 bits per heavy atom. The Balaban J connectivity index is 1.49. The van der Waals surface area contributed by atoms with Crippen molar-refractivity contribution in [2.24, 2.45) is 0 Å². The summed E-state index contributed by atoms with van der Waals surface area (Å²) in [4.78, 5) is 19.4. The fraction of sp³-hybridized carbons (Fsp3) is 0.179. The normalized spacial score (nSPS) is 15.8. The van der Waals surface area contributed by atoms with Crippen molar-refractivity contribution in [3.63, 3.8) is 0 Å². The molecule has 3 aromatic carbocycles. The van der Waals surface area contributed by atoms with Crippen LogP contribution in [0, 0.1) is 11.6 Å². The quantitative estimate of drug-likeness (QED) is 0.340. The summed E-state index contributed by atoms with van der Waals surface area (Å²) in [6, 6.07) is 20.9. The number of aryl methyl sites for hydroxylation is 1. The van der Waals surface area contributed by atoms with E-state index in [2.05, 4.69) is 27.6 Å². The molecule has 1 aromatic heterocycles. The van der Waals surface area contributed by atoms with Gasteiger partial charge >= 0.3 is 6.03 Å². The van der Waals surface area contributed by atoms with Gasteiger partial charge in [-0.2, -0.15) is 4.98 Å². The fourth-order valence-electron chi connectivity index (χ4n) is 4.37. The molecule has 1 N–H and O–H groups in total. The number of halogens is 2. The second-order valence-electron chi connectivity index (χ2n) is 8.60. The van der Waals surface area contributed by atoms with Crippen LogP contribution in [-0.4, -0.2) is 27.6 Å². The molecule has 1 aliphatic rings. The molecule has 1 unspecified atom stereocenters. The van der Waals surface area contributed by atoms with Crippen LogP contribution in [0.15, 0.2) is 89.1 Å². The van der Waals surface area contributed by atoms with Crippen LogP contribution < -0.4 is 5.32 Å². The van der Waals surface area contributed by atoms with E-state index >= 15 is 0 Å². The first-order valence-corrected chi connectivity index (χ1v) is 11.7. The van der Waals surface area contributed by atoms with E-state index in [0.29, 0.717) is 34.8 Å². The number of urea groups is 1. The summed E-state index contributed by atoms with van der Waals surface area (Å²) in [7, 11) is 0. The number of allylic oxidation sites excluding steroid dienone is 1. The lowest BCUT2D eigenvalue weighted by atomic mass is 9.94. The average Bonchev–Trinajstić information content (AvgIpc) is 3.37. The van der Waals surface area contributed by atoms with Gasteiger partial charge in [-0.15, -0.1) is 0 Å². The molecule has 2 heterocycles. The van der Waals surface area contributed by atoms with Crippen LogP contribution in [0.2, 0.25) is 0 Å². The maximum absolute atomic E-state index is 13.6. The first-order valence-electron chi connectivity index (χ1n) is 11.7. The van der Waals surface area contributed by atoms with Crippen molar-refractivity contribution >= 4 is 11.6 Å². The van der Waals surface area contributed by atoms with Gasteiger partial charge < -0.3 is 9.84 Å². The number of benzene rings is 3. The second kappa shape index (κ2) is 10.1. The molecule has 5 rings (SSSR count). The number of carbonyl (C=O) groups excluding carboxylic acids is 1. The third-order valence-electron chi connectivity index (χ3n) is 6.25. The van der Waals surface area contributed by atoms with E-state index in [4.69, 9.17) is 4.52 Å². The fourth-order valence-corrected chi connectivity index (χ4v) is 4.37. The predicted octanol–water partition coefficient (Wildman–Crippen LogP) is 6.15. The van der Waals surface area contributed by atoms with Gasteiger partial charge in [-0.05, 0) is 67.3 Å². The van der Waals surface area contributed by atoms with Gasteiger partial charge in [0.2, 0.25) is 5.82 Å². The van der Waals surface area contributed by atoms with E-state index in [9.17, 15) is 13.6 Å². The minimum atomic E-state index is -0.606. The van der Waals surface area contributed by atoms with Gasteiger partial charge in [0.15, 0.2) is 0 Å². The van der Waals surface area contributed by atoms with Crippen LogP contribution in [0.1, 0.15) is 36.4 Å². The van der Waals surface area contributed by atoms with Crippen LogP contribution in [-0.2, 0) is 6.42 Å². The Bertz CT molecular complexity index is 1380. The SMILES string of the molecule is CC1=C(c2nc(-c3ccc(F)cc3)no2)C(c2ccc(F)cc2)NC(=O)N1CCCc1ccccc1. The Labute approximate surface area is 207 Å². The molecular weight excluding hydrogens is 462 g/mol. The van der Waals surface area contributed by atoms with Gasteiger partial charge in [0, 0.05) is 17.8 Å². The van der Waals surface area contributed by atoms with E-state index in [1.54, 1.807) is 29.2 Å². The number of hydrogen-bond donors (Lipinski definition) is 1.